The van der Waals surface area contributed by atoms with Gasteiger partial charge in [-0.05, 0) is 70.8 Å². The van der Waals surface area contributed by atoms with Crippen molar-refractivity contribution in [1.82, 2.24) is 5.32 Å². The van der Waals surface area contributed by atoms with Gasteiger partial charge in [-0.15, -0.1) is 0 Å². The molecular weight excluding hydrogens is 392 g/mol. The van der Waals surface area contributed by atoms with Crippen LogP contribution in [-0.4, -0.2) is 13.2 Å². The van der Waals surface area contributed by atoms with Crippen LogP contribution in [-0.2, 0) is 6.54 Å². The van der Waals surface area contributed by atoms with Crippen molar-refractivity contribution in [2.75, 3.05) is 7.11 Å². The average Bonchev–Trinajstić information content (AvgIpc) is 3.21. The van der Waals surface area contributed by atoms with Crippen LogP contribution in [0.3, 0.4) is 0 Å². The van der Waals surface area contributed by atoms with Crippen molar-refractivity contribution in [2.45, 2.75) is 32.5 Å². The summed E-state index contributed by atoms with van der Waals surface area (Å²) in [6.07, 6.45) is 2.21. The molecule has 0 bridgehead atoms. The molecule has 0 radical (unpaired) electrons. The van der Waals surface area contributed by atoms with E-state index in [0.29, 0.717) is 0 Å². The molecule has 1 unspecified atom stereocenters. The predicted octanol–water partition coefficient (Wildman–Crippen LogP) is 5.17. The molecule has 0 amide bonds. The Morgan fingerprint density at radius 2 is 1.81 bits per heavy atom. The number of hydrogen-bond donors (Lipinski definition) is 1. The Bertz CT molecular complexity index is 1400. The summed E-state index contributed by atoms with van der Waals surface area (Å²) in [5.41, 5.74) is 4.82. The second kappa shape index (κ2) is 8.60. The molecule has 1 N–H and O–H groups in total. The van der Waals surface area contributed by atoms with E-state index in [2.05, 4.69) is 109 Å². The molecule has 2 atom stereocenters. The van der Waals surface area contributed by atoms with Crippen LogP contribution in [0.25, 0.3) is 28.0 Å². The molecule has 0 aliphatic carbocycles. The lowest BCUT2D eigenvalue weighted by atomic mass is 9.98. The second-order valence-corrected chi connectivity index (χ2v) is 8.52. The highest BCUT2D eigenvalue weighted by molar-refractivity contribution is 5.86. The molecule has 1 heterocycles. The fourth-order valence-electron chi connectivity index (χ4n) is 4.59. The van der Waals surface area contributed by atoms with Crippen molar-refractivity contribution in [3.63, 3.8) is 0 Å². The lowest BCUT2D eigenvalue weighted by Gasteiger charge is -2.18. The van der Waals surface area contributed by atoms with Crippen LogP contribution >= 0.6 is 0 Å². The number of hydrogen-bond acceptors (Lipinski definition) is 3. The van der Waals surface area contributed by atoms with Gasteiger partial charge in [-0.3, -0.25) is 4.99 Å². The van der Waals surface area contributed by atoms with Crippen LogP contribution in [0.2, 0.25) is 0 Å². The molecule has 0 spiro atoms. The molecule has 3 heteroatoms. The molecule has 4 aromatic rings. The number of fused-ring (bicyclic) bond motifs is 2. The van der Waals surface area contributed by atoms with Crippen molar-refractivity contribution >= 4 is 16.8 Å². The SMILES string of the molecule is COc1ccc(CN[C@H](C)c2cccc3ccccc23)cc1-c1ccc2c(c1)=CC(C)N=2. The van der Waals surface area contributed by atoms with Crippen molar-refractivity contribution in [2.24, 2.45) is 4.99 Å². The van der Waals surface area contributed by atoms with Gasteiger partial charge < -0.3 is 10.1 Å². The predicted molar refractivity (Wildman–Crippen MR) is 132 cm³/mol. The number of nitrogens with one attached hydrogen (secondary N) is 1. The van der Waals surface area contributed by atoms with Crippen LogP contribution in [0, 0.1) is 0 Å². The molecule has 5 rings (SSSR count). The highest BCUT2D eigenvalue weighted by Gasteiger charge is 2.12. The van der Waals surface area contributed by atoms with Crippen molar-refractivity contribution in [3.05, 3.63) is 101 Å². The van der Waals surface area contributed by atoms with E-state index >= 15 is 0 Å². The number of benzene rings is 4. The summed E-state index contributed by atoms with van der Waals surface area (Å²) in [6, 6.07) is 28.5. The molecule has 0 fully saturated rings. The molecule has 1 aliphatic heterocycles. The standard InChI is InChI=1S/C29H28N2O/c1-19-15-24-17-23(12-13-28(24)31-19)27-16-21(11-14-29(27)32-3)18-30-20(2)25-10-6-8-22-7-4-5-9-26(22)25/h4-17,19-20,30H,18H2,1-3H3/t19?,20-/m1/s1. The van der Waals surface area contributed by atoms with Crippen LogP contribution in [0.1, 0.15) is 31.0 Å². The Morgan fingerprint density at radius 3 is 2.69 bits per heavy atom. The Morgan fingerprint density at radius 1 is 0.969 bits per heavy atom. The van der Waals surface area contributed by atoms with Crippen LogP contribution in [0.5, 0.6) is 5.75 Å². The zero-order valence-corrected chi connectivity index (χ0v) is 18.8. The summed E-state index contributed by atoms with van der Waals surface area (Å²) in [4.78, 5) is 4.65. The third-order valence-corrected chi connectivity index (χ3v) is 6.27. The summed E-state index contributed by atoms with van der Waals surface area (Å²) >= 11 is 0. The molecule has 4 aromatic carbocycles. The van der Waals surface area contributed by atoms with E-state index in [1.54, 1.807) is 7.11 Å². The Hall–Kier alpha value is -3.43. The number of rotatable bonds is 6. The summed E-state index contributed by atoms with van der Waals surface area (Å²) < 4.78 is 5.68. The van der Waals surface area contributed by atoms with E-state index in [4.69, 9.17) is 4.74 Å². The highest BCUT2D eigenvalue weighted by atomic mass is 16.5. The van der Waals surface area contributed by atoms with E-state index < -0.39 is 0 Å². The van der Waals surface area contributed by atoms with Gasteiger partial charge in [0.1, 0.15) is 5.75 Å². The zero-order chi connectivity index (χ0) is 22.1. The maximum Gasteiger partial charge on any atom is 0.126 e. The minimum atomic E-state index is 0.240. The van der Waals surface area contributed by atoms with E-state index in [1.165, 1.54) is 27.1 Å². The quantitative estimate of drug-likeness (QED) is 0.467. The molecule has 0 saturated heterocycles. The van der Waals surface area contributed by atoms with E-state index in [9.17, 15) is 0 Å². The van der Waals surface area contributed by atoms with Gasteiger partial charge in [0.25, 0.3) is 0 Å². The minimum Gasteiger partial charge on any atom is -0.496 e. The van der Waals surface area contributed by atoms with E-state index in [1.807, 2.05) is 0 Å². The van der Waals surface area contributed by atoms with Gasteiger partial charge in [-0.1, -0.05) is 60.7 Å². The van der Waals surface area contributed by atoms with E-state index in [0.717, 1.165) is 28.8 Å². The Kier molecular flexibility index (Phi) is 5.50. The summed E-state index contributed by atoms with van der Waals surface area (Å²) in [6.45, 7) is 5.13. The third kappa shape index (κ3) is 3.92. The number of nitrogens with zero attached hydrogens (tertiary/aromatic N) is 1. The van der Waals surface area contributed by atoms with Crippen LogP contribution < -0.4 is 20.6 Å². The first-order valence-electron chi connectivity index (χ1n) is 11.2. The summed E-state index contributed by atoms with van der Waals surface area (Å²) in [7, 11) is 1.73. The van der Waals surface area contributed by atoms with E-state index in [-0.39, 0.29) is 12.1 Å². The topological polar surface area (TPSA) is 33.6 Å². The zero-order valence-electron chi connectivity index (χ0n) is 18.8. The van der Waals surface area contributed by atoms with Gasteiger partial charge in [0.2, 0.25) is 0 Å². The molecule has 0 aromatic heterocycles. The smallest absolute Gasteiger partial charge is 0.126 e. The average molecular weight is 421 g/mol. The fraction of sp³-hybridized carbons (Fsp3) is 0.207. The maximum absolute atomic E-state index is 5.68. The van der Waals surface area contributed by atoms with Crippen molar-refractivity contribution in [3.8, 4) is 16.9 Å². The first-order chi connectivity index (χ1) is 15.6. The molecular formula is C29H28N2O. The van der Waals surface area contributed by atoms with Gasteiger partial charge in [0.15, 0.2) is 0 Å². The lowest BCUT2D eigenvalue weighted by Crippen LogP contribution is -2.20. The largest absolute Gasteiger partial charge is 0.496 e. The van der Waals surface area contributed by atoms with Gasteiger partial charge in [-0.2, -0.15) is 0 Å². The first kappa shape index (κ1) is 20.5. The first-order valence-corrected chi connectivity index (χ1v) is 11.2. The fourth-order valence-corrected chi connectivity index (χ4v) is 4.59. The molecule has 160 valence electrons. The number of ether oxygens (including phenoxy) is 1. The summed E-state index contributed by atoms with van der Waals surface area (Å²) in [5, 5.41) is 8.56. The molecule has 1 aliphatic rings. The summed E-state index contributed by atoms with van der Waals surface area (Å²) in [5.74, 6) is 0.888. The minimum absolute atomic E-state index is 0.240. The van der Waals surface area contributed by atoms with Crippen molar-refractivity contribution < 1.29 is 4.74 Å². The monoisotopic (exact) mass is 420 g/mol. The van der Waals surface area contributed by atoms with Crippen molar-refractivity contribution in [1.29, 1.82) is 0 Å². The lowest BCUT2D eigenvalue weighted by molar-refractivity contribution is 0.416. The molecule has 0 saturated carbocycles. The number of methoxy groups -OCH3 is 1. The molecule has 32 heavy (non-hydrogen) atoms. The van der Waals surface area contributed by atoms with Gasteiger partial charge in [-0.25, -0.2) is 0 Å². The van der Waals surface area contributed by atoms with Crippen LogP contribution in [0.4, 0.5) is 0 Å². The normalized spacial score (nSPS) is 15.7. The third-order valence-electron chi connectivity index (χ3n) is 6.27. The van der Waals surface area contributed by atoms with Gasteiger partial charge in [0.05, 0.1) is 18.5 Å². The van der Waals surface area contributed by atoms with Crippen LogP contribution in [0.15, 0.2) is 83.9 Å². The molecule has 3 nitrogen and oxygen atoms in total. The Balaban J connectivity index is 1.41. The Labute approximate surface area is 189 Å². The van der Waals surface area contributed by atoms with Gasteiger partial charge in [0, 0.05) is 18.2 Å². The second-order valence-electron chi connectivity index (χ2n) is 8.52. The highest BCUT2D eigenvalue weighted by Crippen LogP contribution is 2.31. The van der Waals surface area contributed by atoms with Gasteiger partial charge >= 0.3 is 0 Å². The maximum atomic E-state index is 5.68.